The Hall–Kier alpha value is -1.76. The van der Waals surface area contributed by atoms with Crippen molar-refractivity contribution in [2.75, 3.05) is 26.7 Å². The Balaban J connectivity index is 1.28. The van der Waals surface area contributed by atoms with E-state index in [9.17, 15) is 0 Å². The van der Waals surface area contributed by atoms with Gasteiger partial charge in [-0.15, -0.1) is 0 Å². The van der Waals surface area contributed by atoms with Gasteiger partial charge >= 0.3 is 0 Å². The number of rotatable bonds is 5. The predicted molar refractivity (Wildman–Crippen MR) is 101 cm³/mol. The lowest BCUT2D eigenvalue weighted by atomic mass is 9.87. The summed E-state index contributed by atoms with van der Waals surface area (Å²) >= 11 is 0. The van der Waals surface area contributed by atoms with Crippen molar-refractivity contribution in [3.05, 3.63) is 48.0 Å². The lowest BCUT2D eigenvalue weighted by Gasteiger charge is -2.38. The molecule has 0 N–H and O–H groups in total. The van der Waals surface area contributed by atoms with Gasteiger partial charge in [0.1, 0.15) is 0 Å². The number of hydrogen-bond donors (Lipinski definition) is 0. The summed E-state index contributed by atoms with van der Waals surface area (Å²) in [6.45, 7) is 5.02. The van der Waals surface area contributed by atoms with Crippen molar-refractivity contribution < 1.29 is 4.74 Å². The fraction of sp³-hybridized carbons (Fsp3) is 0.600. The van der Waals surface area contributed by atoms with Gasteiger partial charge in [0.25, 0.3) is 0 Å². The highest BCUT2D eigenvalue weighted by molar-refractivity contribution is 5.10. The molecule has 6 nitrogen and oxygen atoms in total. The van der Waals surface area contributed by atoms with Crippen LogP contribution in [0, 0.1) is 0 Å². The van der Waals surface area contributed by atoms with Gasteiger partial charge in [0.15, 0.2) is 0 Å². The first-order chi connectivity index (χ1) is 12.6. The second-order valence-electron chi connectivity index (χ2n) is 7.92. The largest absolute Gasteiger partial charge is 0.373 e. The number of likely N-dealkylation sites (tertiary alicyclic amines) is 1. The number of hydrogen-bond acceptors (Lipinski definition) is 5. The van der Waals surface area contributed by atoms with E-state index in [1.54, 1.807) is 0 Å². The van der Waals surface area contributed by atoms with E-state index in [-0.39, 0.29) is 5.60 Å². The average molecular weight is 355 g/mol. The number of ether oxygens (including phenoxy) is 1. The number of nitrogens with zero attached hydrogens (tertiary/aromatic N) is 5. The smallest absolute Gasteiger partial charge is 0.0723 e. The number of likely N-dealkylation sites (N-methyl/N-ethyl adjacent to an activating group) is 1. The highest BCUT2D eigenvalue weighted by Crippen LogP contribution is 2.37. The molecule has 1 spiro atoms. The van der Waals surface area contributed by atoms with E-state index in [1.165, 1.54) is 11.1 Å². The molecule has 4 heterocycles. The normalized spacial score (nSPS) is 23.1. The maximum atomic E-state index is 6.36. The highest BCUT2D eigenvalue weighted by atomic mass is 16.5. The molecule has 2 saturated heterocycles. The maximum absolute atomic E-state index is 6.36. The zero-order valence-electron chi connectivity index (χ0n) is 15.8. The van der Waals surface area contributed by atoms with E-state index in [0.717, 1.165) is 52.0 Å². The maximum Gasteiger partial charge on any atom is 0.0723 e. The van der Waals surface area contributed by atoms with Gasteiger partial charge in [-0.3, -0.25) is 19.5 Å². The zero-order valence-corrected chi connectivity index (χ0v) is 15.8. The standard InChI is InChI=1S/C20H29N5O/c1-23(13-17-3-7-21-8-4-17)19-11-20(26-16-19)5-9-25(10-6-20)15-18-12-22-24(2)14-18/h3-4,7-8,12,14,19H,5-6,9-11,13,15-16H2,1-2H3/t19-/m1/s1. The molecule has 2 aromatic heterocycles. The highest BCUT2D eigenvalue weighted by Gasteiger charge is 2.43. The topological polar surface area (TPSA) is 46.4 Å². The quantitative estimate of drug-likeness (QED) is 0.822. The summed E-state index contributed by atoms with van der Waals surface area (Å²) in [5, 5.41) is 4.27. The first-order valence-electron chi connectivity index (χ1n) is 9.55. The minimum absolute atomic E-state index is 0.0859. The fourth-order valence-electron chi connectivity index (χ4n) is 4.29. The lowest BCUT2D eigenvalue weighted by Crippen LogP contribution is -2.44. The Morgan fingerprint density at radius 3 is 2.69 bits per heavy atom. The van der Waals surface area contributed by atoms with Crippen LogP contribution in [0.25, 0.3) is 0 Å². The summed E-state index contributed by atoms with van der Waals surface area (Å²) < 4.78 is 8.24. The zero-order chi connectivity index (χ0) is 18.0. The van der Waals surface area contributed by atoms with Crippen LogP contribution in [0.3, 0.4) is 0 Å². The fourth-order valence-corrected chi connectivity index (χ4v) is 4.29. The van der Waals surface area contributed by atoms with E-state index in [0.29, 0.717) is 6.04 Å². The summed E-state index contributed by atoms with van der Waals surface area (Å²) in [5.41, 5.74) is 2.70. The summed E-state index contributed by atoms with van der Waals surface area (Å²) in [5.74, 6) is 0. The van der Waals surface area contributed by atoms with Crippen LogP contribution in [-0.2, 0) is 24.9 Å². The van der Waals surface area contributed by atoms with E-state index in [4.69, 9.17) is 4.74 Å². The predicted octanol–water partition coefficient (Wildman–Crippen LogP) is 2.07. The Labute approximate surface area is 155 Å². The molecular weight excluding hydrogens is 326 g/mol. The van der Waals surface area contributed by atoms with Gasteiger partial charge in [-0.1, -0.05) is 0 Å². The molecule has 6 heteroatoms. The van der Waals surface area contributed by atoms with Crippen LogP contribution < -0.4 is 0 Å². The van der Waals surface area contributed by atoms with Crippen LogP contribution in [-0.4, -0.2) is 63.0 Å². The Bertz CT molecular complexity index is 708. The Morgan fingerprint density at radius 2 is 2.00 bits per heavy atom. The van der Waals surface area contributed by atoms with Crippen LogP contribution in [0.4, 0.5) is 0 Å². The molecule has 2 aromatic rings. The van der Waals surface area contributed by atoms with Gasteiger partial charge < -0.3 is 4.74 Å². The first kappa shape index (κ1) is 17.6. The van der Waals surface area contributed by atoms with Gasteiger partial charge in [-0.25, -0.2) is 0 Å². The van der Waals surface area contributed by atoms with Crippen molar-refractivity contribution in [2.45, 2.75) is 44.0 Å². The monoisotopic (exact) mass is 355 g/mol. The molecule has 0 bridgehead atoms. The van der Waals surface area contributed by atoms with Crippen LogP contribution in [0.5, 0.6) is 0 Å². The van der Waals surface area contributed by atoms with Crippen molar-refractivity contribution in [3.63, 3.8) is 0 Å². The first-order valence-corrected chi connectivity index (χ1v) is 9.55. The van der Waals surface area contributed by atoms with Gasteiger partial charge in [0.05, 0.1) is 18.4 Å². The average Bonchev–Trinajstić information content (AvgIpc) is 3.25. The Morgan fingerprint density at radius 1 is 1.23 bits per heavy atom. The van der Waals surface area contributed by atoms with Crippen LogP contribution >= 0.6 is 0 Å². The second-order valence-corrected chi connectivity index (χ2v) is 7.92. The van der Waals surface area contributed by atoms with Gasteiger partial charge in [-0.2, -0.15) is 5.10 Å². The summed E-state index contributed by atoms with van der Waals surface area (Å²) in [6, 6.07) is 4.70. The minimum Gasteiger partial charge on any atom is -0.373 e. The summed E-state index contributed by atoms with van der Waals surface area (Å²) in [4.78, 5) is 9.07. The number of aryl methyl sites for hydroxylation is 1. The molecule has 0 amide bonds. The number of aromatic nitrogens is 3. The van der Waals surface area contributed by atoms with Gasteiger partial charge in [0, 0.05) is 63.4 Å². The van der Waals surface area contributed by atoms with Crippen LogP contribution in [0.2, 0.25) is 0 Å². The molecule has 0 unspecified atom stereocenters. The summed E-state index contributed by atoms with van der Waals surface area (Å²) in [7, 11) is 4.19. The van der Waals surface area contributed by atoms with Crippen molar-refractivity contribution in [3.8, 4) is 0 Å². The SMILES string of the molecule is CN(Cc1ccncc1)[C@H]1COC2(CCN(Cc3cnn(C)c3)CC2)C1. The molecule has 2 aliphatic rings. The Kier molecular flexibility index (Phi) is 5.07. The van der Waals surface area contributed by atoms with Crippen LogP contribution in [0.15, 0.2) is 36.9 Å². The molecule has 4 rings (SSSR count). The molecule has 1 atom stereocenters. The minimum atomic E-state index is 0.0859. The molecule has 140 valence electrons. The molecule has 0 aromatic carbocycles. The third-order valence-corrected chi connectivity index (χ3v) is 5.93. The van der Waals surface area contributed by atoms with Crippen molar-refractivity contribution in [1.82, 2.24) is 24.6 Å². The van der Waals surface area contributed by atoms with Gasteiger partial charge in [0.2, 0.25) is 0 Å². The van der Waals surface area contributed by atoms with Crippen LogP contribution in [0.1, 0.15) is 30.4 Å². The van der Waals surface area contributed by atoms with E-state index >= 15 is 0 Å². The third-order valence-electron chi connectivity index (χ3n) is 5.93. The molecule has 26 heavy (non-hydrogen) atoms. The van der Waals surface area contributed by atoms with E-state index in [2.05, 4.69) is 45.3 Å². The summed E-state index contributed by atoms with van der Waals surface area (Å²) in [6.07, 6.45) is 11.2. The van der Waals surface area contributed by atoms with E-state index in [1.807, 2.05) is 30.3 Å². The number of piperidine rings is 1. The molecule has 2 fully saturated rings. The second kappa shape index (κ2) is 7.47. The van der Waals surface area contributed by atoms with Crippen molar-refractivity contribution >= 4 is 0 Å². The van der Waals surface area contributed by atoms with Crippen molar-refractivity contribution in [1.29, 1.82) is 0 Å². The lowest BCUT2D eigenvalue weighted by molar-refractivity contribution is -0.0452. The van der Waals surface area contributed by atoms with Crippen molar-refractivity contribution in [2.24, 2.45) is 7.05 Å². The molecule has 0 radical (unpaired) electrons. The van der Waals surface area contributed by atoms with Gasteiger partial charge in [-0.05, 0) is 44.0 Å². The van der Waals surface area contributed by atoms with E-state index < -0.39 is 0 Å². The molecule has 0 aliphatic carbocycles. The molecule has 2 aliphatic heterocycles. The number of pyridine rings is 1. The molecular formula is C20H29N5O. The third kappa shape index (κ3) is 3.98. The molecule has 0 saturated carbocycles.